The summed E-state index contributed by atoms with van der Waals surface area (Å²) in [6.45, 7) is 6.64. The van der Waals surface area contributed by atoms with Crippen LogP contribution >= 0.6 is 0 Å². The van der Waals surface area contributed by atoms with Gasteiger partial charge in [0, 0.05) is 19.3 Å². The molecule has 0 fully saturated rings. The van der Waals surface area contributed by atoms with Gasteiger partial charge in [-0.1, -0.05) is 237 Å². The zero-order chi connectivity index (χ0) is 48.6. The first-order valence-electron chi connectivity index (χ1n) is 29.5. The number of allylic oxidation sites excluding steroid dienone is 6. The van der Waals surface area contributed by atoms with Crippen molar-refractivity contribution in [3.05, 3.63) is 36.5 Å². The molecule has 6 nitrogen and oxygen atoms in total. The average Bonchev–Trinajstić information content (AvgIpc) is 3.33. The molecule has 0 saturated carbocycles. The van der Waals surface area contributed by atoms with Gasteiger partial charge in [0.05, 0.1) is 0 Å². The van der Waals surface area contributed by atoms with Crippen LogP contribution in [-0.4, -0.2) is 37.2 Å². The third-order valence-electron chi connectivity index (χ3n) is 13.1. The Bertz CT molecular complexity index is 1130. The topological polar surface area (TPSA) is 78.9 Å². The molecule has 0 heterocycles. The summed E-state index contributed by atoms with van der Waals surface area (Å²) in [6, 6.07) is 0. The van der Waals surface area contributed by atoms with Crippen molar-refractivity contribution >= 4 is 17.9 Å². The van der Waals surface area contributed by atoms with Gasteiger partial charge in [-0.05, 0) is 96.3 Å². The molecule has 0 aromatic rings. The van der Waals surface area contributed by atoms with Crippen LogP contribution in [0.3, 0.4) is 0 Å². The van der Waals surface area contributed by atoms with Crippen molar-refractivity contribution in [2.75, 3.05) is 13.2 Å². The number of ether oxygens (including phenoxy) is 3. The van der Waals surface area contributed by atoms with Gasteiger partial charge in [0.1, 0.15) is 13.2 Å². The highest BCUT2D eigenvalue weighted by atomic mass is 16.6. The van der Waals surface area contributed by atoms with Gasteiger partial charge >= 0.3 is 17.9 Å². The fourth-order valence-corrected chi connectivity index (χ4v) is 8.60. The summed E-state index contributed by atoms with van der Waals surface area (Å²) < 4.78 is 16.9. The Labute approximate surface area is 416 Å². The van der Waals surface area contributed by atoms with Gasteiger partial charge in [-0.2, -0.15) is 0 Å². The fourth-order valence-electron chi connectivity index (χ4n) is 8.60. The van der Waals surface area contributed by atoms with Gasteiger partial charge in [0.25, 0.3) is 0 Å². The quantitative estimate of drug-likeness (QED) is 0.0262. The van der Waals surface area contributed by atoms with Crippen LogP contribution in [0.4, 0.5) is 0 Å². The number of carbonyl (C=O) groups is 3. The molecular weight excluding hydrogens is 829 g/mol. The van der Waals surface area contributed by atoms with Crippen LogP contribution in [0.25, 0.3) is 0 Å². The van der Waals surface area contributed by atoms with E-state index in [9.17, 15) is 14.4 Å². The monoisotopic (exact) mass is 941 g/mol. The Morgan fingerprint density at radius 2 is 0.493 bits per heavy atom. The molecule has 0 aliphatic heterocycles. The highest BCUT2D eigenvalue weighted by Gasteiger charge is 2.19. The maximum atomic E-state index is 12.9. The van der Waals surface area contributed by atoms with Crippen molar-refractivity contribution < 1.29 is 28.6 Å². The molecule has 0 aromatic carbocycles. The highest BCUT2D eigenvalue weighted by Crippen LogP contribution is 2.16. The van der Waals surface area contributed by atoms with E-state index in [-0.39, 0.29) is 31.1 Å². The maximum Gasteiger partial charge on any atom is 0.306 e. The molecule has 0 N–H and O–H groups in total. The van der Waals surface area contributed by atoms with Crippen molar-refractivity contribution in [1.82, 2.24) is 0 Å². The summed E-state index contributed by atoms with van der Waals surface area (Å²) in [5.41, 5.74) is 0. The van der Waals surface area contributed by atoms with Gasteiger partial charge in [-0.25, -0.2) is 0 Å². The number of carbonyl (C=O) groups excluding carboxylic acids is 3. The van der Waals surface area contributed by atoms with E-state index in [0.717, 1.165) is 64.2 Å². The summed E-state index contributed by atoms with van der Waals surface area (Å²) in [6.07, 6.45) is 67.0. The van der Waals surface area contributed by atoms with E-state index in [1.165, 1.54) is 212 Å². The van der Waals surface area contributed by atoms with Crippen LogP contribution in [0.2, 0.25) is 0 Å². The lowest BCUT2D eigenvalue weighted by Crippen LogP contribution is -2.30. The molecule has 0 aromatic heterocycles. The second-order valence-corrected chi connectivity index (χ2v) is 19.9. The van der Waals surface area contributed by atoms with Gasteiger partial charge in [0.15, 0.2) is 6.10 Å². The van der Waals surface area contributed by atoms with Crippen LogP contribution in [-0.2, 0) is 28.6 Å². The largest absolute Gasteiger partial charge is 0.462 e. The molecule has 0 bridgehead atoms. The van der Waals surface area contributed by atoms with Crippen molar-refractivity contribution in [1.29, 1.82) is 0 Å². The second-order valence-electron chi connectivity index (χ2n) is 19.9. The second kappa shape index (κ2) is 56.2. The first-order chi connectivity index (χ1) is 33.0. The van der Waals surface area contributed by atoms with Crippen LogP contribution in [0.5, 0.6) is 0 Å². The fraction of sp³-hybridized carbons (Fsp3) is 0.852. The molecule has 6 heteroatoms. The third-order valence-corrected chi connectivity index (χ3v) is 13.1. The molecule has 0 rings (SSSR count). The van der Waals surface area contributed by atoms with E-state index in [2.05, 4.69) is 57.2 Å². The molecule has 0 aliphatic carbocycles. The summed E-state index contributed by atoms with van der Waals surface area (Å²) in [5, 5.41) is 0. The molecule has 0 aliphatic rings. The highest BCUT2D eigenvalue weighted by molar-refractivity contribution is 5.71. The van der Waals surface area contributed by atoms with E-state index in [0.29, 0.717) is 19.3 Å². The van der Waals surface area contributed by atoms with Crippen LogP contribution in [0.1, 0.15) is 316 Å². The molecule has 1 atom stereocenters. The van der Waals surface area contributed by atoms with E-state index in [1.807, 2.05) is 0 Å². The van der Waals surface area contributed by atoms with Crippen molar-refractivity contribution in [3.8, 4) is 0 Å². The first kappa shape index (κ1) is 64.6. The zero-order valence-corrected chi connectivity index (χ0v) is 44.9. The van der Waals surface area contributed by atoms with Crippen LogP contribution in [0.15, 0.2) is 36.5 Å². The lowest BCUT2D eigenvalue weighted by atomic mass is 10.1. The number of rotatable bonds is 54. The van der Waals surface area contributed by atoms with E-state index < -0.39 is 6.10 Å². The zero-order valence-electron chi connectivity index (χ0n) is 44.9. The molecule has 0 unspecified atom stereocenters. The molecule has 0 saturated heterocycles. The Balaban J connectivity index is 4.34. The normalized spacial score (nSPS) is 12.2. The summed E-state index contributed by atoms with van der Waals surface area (Å²) in [7, 11) is 0. The summed E-state index contributed by atoms with van der Waals surface area (Å²) in [5.74, 6) is -0.874. The van der Waals surface area contributed by atoms with Gasteiger partial charge < -0.3 is 14.2 Å². The Hall–Kier alpha value is -2.37. The van der Waals surface area contributed by atoms with Crippen molar-refractivity contribution in [2.45, 2.75) is 322 Å². The van der Waals surface area contributed by atoms with Gasteiger partial charge in [-0.3, -0.25) is 14.4 Å². The smallest absolute Gasteiger partial charge is 0.306 e. The minimum atomic E-state index is -0.777. The standard InChI is InChI=1S/C61H112O6/c1-4-7-10-13-16-19-22-25-27-29-30-32-33-36-39-42-45-48-51-54-60(63)66-57-58(56-65-59(62)53-50-47-44-41-38-35-24-21-18-15-12-9-6-3)67-61(64)55-52-49-46-43-40-37-34-31-28-26-23-20-17-14-11-8-5-2/h21,24-28,58H,4-20,22-23,29-57H2,1-3H3/b24-21-,27-25-,28-26-/t58-/m1/s1. The predicted octanol–water partition coefficient (Wildman–Crippen LogP) is 19.7. The Morgan fingerprint density at radius 1 is 0.284 bits per heavy atom. The Morgan fingerprint density at radius 3 is 0.761 bits per heavy atom. The number of hydrogen-bond acceptors (Lipinski definition) is 6. The lowest BCUT2D eigenvalue weighted by Gasteiger charge is -2.18. The maximum absolute atomic E-state index is 12.9. The van der Waals surface area contributed by atoms with Crippen LogP contribution < -0.4 is 0 Å². The molecule has 67 heavy (non-hydrogen) atoms. The van der Waals surface area contributed by atoms with Crippen molar-refractivity contribution in [2.24, 2.45) is 0 Å². The first-order valence-corrected chi connectivity index (χ1v) is 29.5. The molecule has 0 radical (unpaired) electrons. The minimum absolute atomic E-state index is 0.0752. The number of unbranched alkanes of at least 4 members (excludes halogenated alkanes) is 37. The van der Waals surface area contributed by atoms with Gasteiger partial charge in [0.2, 0.25) is 0 Å². The average molecular weight is 942 g/mol. The van der Waals surface area contributed by atoms with E-state index in [1.54, 1.807) is 0 Å². The predicted molar refractivity (Wildman–Crippen MR) is 289 cm³/mol. The number of hydrogen-bond donors (Lipinski definition) is 0. The minimum Gasteiger partial charge on any atom is -0.462 e. The summed E-state index contributed by atoms with van der Waals surface area (Å²) in [4.78, 5) is 38.2. The molecule has 0 amide bonds. The van der Waals surface area contributed by atoms with Gasteiger partial charge in [-0.15, -0.1) is 0 Å². The Kier molecular flexibility index (Phi) is 54.2. The van der Waals surface area contributed by atoms with E-state index in [4.69, 9.17) is 14.2 Å². The molecule has 392 valence electrons. The number of esters is 3. The SMILES string of the molecule is CCCCCC/C=C\CCCCCCCC(=O)OC[C@H](COC(=O)CCCCCCCCCCC/C=C\CCCCCCCC)OC(=O)CCCCCCCCC/C=C\CCCCCCCC. The van der Waals surface area contributed by atoms with Crippen LogP contribution in [0, 0.1) is 0 Å². The third kappa shape index (κ3) is 54.4. The van der Waals surface area contributed by atoms with E-state index >= 15 is 0 Å². The lowest BCUT2D eigenvalue weighted by molar-refractivity contribution is -0.167. The molecular formula is C61H112O6. The van der Waals surface area contributed by atoms with Crippen molar-refractivity contribution in [3.63, 3.8) is 0 Å². The summed E-state index contributed by atoms with van der Waals surface area (Å²) >= 11 is 0. The molecule has 0 spiro atoms.